The summed E-state index contributed by atoms with van der Waals surface area (Å²) in [4.78, 5) is 18.0. The van der Waals surface area contributed by atoms with Gasteiger partial charge in [0.15, 0.2) is 0 Å². The van der Waals surface area contributed by atoms with Crippen molar-refractivity contribution in [2.75, 3.05) is 13.1 Å². The lowest BCUT2D eigenvalue weighted by Gasteiger charge is -2.32. The van der Waals surface area contributed by atoms with E-state index < -0.39 is 16.1 Å². The molecule has 1 unspecified atom stereocenters. The van der Waals surface area contributed by atoms with Crippen molar-refractivity contribution in [3.8, 4) is 0 Å². The van der Waals surface area contributed by atoms with E-state index in [4.69, 9.17) is 0 Å². The molecule has 0 saturated carbocycles. The number of aryl methyl sites for hydroxylation is 4. The van der Waals surface area contributed by atoms with Crippen molar-refractivity contribution in [3.05, 3.63) is 82.7 Å². The maximum Gasteiger partial charge on any atom is 0.243 e. The average molecular weight is 499 g/mol. The largest absolute Gasteiger partial charge is 0.342 e. The normalized spacial score (nSPS) is 16.3. The van der Waals surface area contributed by atoms with E-state index in [1.54, 1.807) is 24.5 Å². The van der Waals surface area contributed by atoms with Crippen LogP contribution in [0.1, 0.15) is 47.0 Å². The topological polar surface area (TPSA) is 84.3 Å². The molecule has 1 aliphatic rings. The van der Waals surface area contributed by atoms with Crippen molar-refractivity contribution in [2.45, 2.75) is 44.6 Å². The highest BCUT2D eigenvalue weighted by Crippen LogP contribution is 2.30. The van der Waals surface area contributed by atoms with E-state index in [1.165, 1.54) is 16.4 Å². The zero-order valence-corrected chi connectivity index (χ0v) is 21.3. The first-order chi connectivity index (χ1) is 16.6. The van der Waals surface area contributed by atoms with Crippen molar-refractivity contribution in [3.63, 3.8) is 0 Å². The Labute approximate surface area is 206 Å². The van der Waals surface area contributed by atoms with Crippen LogP contribution in [0.3, 0.4) is 0 Å². The maximum atomic E-state index is 13.5. The van der Waals surface area contributed by atoms with Crippen LogP contribution >= 0.6 is 0 Å². The van der Waals surface area contributed by atoms with Crippen LogP contribution in [0.15, 0.2) is 53.7 Å². The van der Waals surface area contributed by atoms with Gasteiger partial charge in [0.2, 0.25) is 15.9 Å². The van der Waals surface area contributed by atoms with Crippen LogP contribution in [-0.4, -0.2) is 41.3 Å². The molecule has 1 N–H and O–H groups in total. The molecule has 9 heteroatoms. The standard InChI is InChI=1S/C26H31FN4O3S/c1-17-15-18(2)24(19(3)16-17)35(33,34)31-12-9-21(10-13-31)26(32)29-23(25-28-11-14-30(25)4)20-5-7-22(27)8-6-20/h5-8,11,14-16,21,23H,9-10,12-13H2,1-4H3,(H,29,32). The van der Waals surface area contributed by atoms with Gasteiger partial charge in [-0.2, -0.15) is 4.31 Å². The zero-order chi connectivity index (χ0) is 25.3. The summed E-state index contributed by atoms with van der Waals surface area (Å²) in [6.45, 7) is 6.14. The molecule has 1 atom stereocenters. The summed E-state index contributed by atoms with van der Waals surface area (Å²) in [6.07, 6.45) is 4.28. The van der Waals surface area contributed by atoms with Gasteiger partial charge in [-0.1, -0.05) is 29.8 Å². The number of hydrogen-bond donors (Lipinski definition) is 1. The molecule has 0 aliphatic carbocycles. The number of imidazole rings is 1. The minimum Gasteiger partial charge on any atom is -0.342 e. The molecule has 1 aromatic heterocycles. The van der Waals surface area contributed by atoms with Gasteiger partial charge in [-0.05, 0) is 62.4 Å². The van der Waals surface area contributed by atoms with Crippen molar-refractivity contribution >= 4 is 15.9 Å². The third-order valence-electron chi connectivity index (χ3n) is 6.63. The highest BCUT2D eigenvalue weighted by Gasteiger charge is 2.34. The summed E-state index contributed by atoms with van der Waals surface area (Å²) in [6, 6.07) is 9.21. The first kappa shape index (κ1) is 25.1. The molecule has 1 fully saturated rings. The number of amides is 1. The number of sulfonamides is 1. The molecule has 0 bridgehead atoms. The van der Waals surface area contributed by atoms with Crippen LogP contribution in [-0.2, 0) is 21.9 Å². The van der Waals surface area contributed by atoms with E-state index in [2.05, 4.69) is 10.3 Å². The van der Waals surface area contributed by atoms with Gasteiger partial charge in [-0.15, -0.1) is 0 Å². The minimum atomic E-state index is -3.65. The molecule has 2 heterocycles. The number of benzene rings is 2. The van der Waals surface area contributed by atoms with Gasteiger partial charge in [-0.25, -0.2) is 17.8 Å². The molecule has 7 nitrogen and oxygen atoms in total. The molecule has 4 rings (SSSR count). The van der Waals surface area contributed by atoms with Crippen LogP contribution in [0.5, 0.6) is 0 Å². The van der Waals surface area contributed by atoms with E-state index in [0.717, 1.165) is 22.3 Å². The smallest absolute Gasteiger partial charge is 0.243 e. The second-order valence-corrected chi connectivity index (χ2v) is 11.2. The van der Waals surface area contributed by atoms with E-state index in [-0.39, 0.29) is 30.7 Å². The number of carbonyl (C=O) groups is 1. The van der Waals surface area contributed by atoms with Gasteiger partial charge in [-0.3, -0.25) is 4.79 Å². The molecule has 0 spiro atoms. The Morgan fingerprint density at radius 3 is 2.23 bits per heavy atom. The Morgan fingerprint density at radius 1 is 1.09 bits per heavy atom. The molecular formula is C26H31FN4O3S. The maximum absolute atomic E-state index is 13.5. The van der Waals surface area contributed by atoms with Crippen LogP contribution in [0.2, 0.25) is 0 Å². The van der Waals surface area contributed by atoms with E-state index >= 15 is 0 Å². The third kappa shape index (κ3) is 5.16. The first-order valence-corrected chi connectivity index (χ1v) is 13.1. The summed E-state index contributed by atoms with van der Waals surface area (Å²) in [7, 11) is -1.81. The number of rotatable bonds is 6. The van der Waals surface area contributed by atoms with Gasteiger partial charge in [0.1, 0.15) is 17.7 Å². The van der Waals surface area contributed by atoms with Crippen molar-refractivity contribution in [2.24, 2.45) is 13.0 Å². The molecular weight excluding hydrogens is 467 g/mol. The lowest BCUT2D eigenvalue weighted by atomic mass is 9.96. The van der Waals surface area contributed by atoms with Crippen LogP contribution in [0, 0.1) is 32.5 Å². The van der Waals surface area contributed by atoms with Gasteiger partial charge in [0.05, 0.1) is 4.90 Å². The predicted molar refractivity (Wildman–Crippen MR) is 132 cm³/mol. The first-order valence-electron chi connectivity index (χ1n) is 11.7. The number of nitrogens with zero attached hydrogens (tertiary/aromatic N) is 3. The molecule has 186 valence electrons. The zero-order valence-electron chi connectivity index (χ0n) is 20.5. The number of aromatic nitrogens is 2. The fourth-order valence-corrected chi connectivity index (χ4v) is 6.81. The number of hydrogen-bond acceptors (Lipinski definition) is 4. The van der Waals surface area contributed by atoms with Crippen molar-refractivity contribution in [1.82, 2.24) is 19.2 Å². The van der Waals surface area contributed by atoms with E-state index in [9.17, 15) is 17.6 Å². The van der Waals surface area contributed by atoms with Crippen LogP contribution in [0.4, 0.5) is 4.39 Å². The second-order valence-electron chi connectivity index (χ2n) is 9.30. The Balaban J connectivity index is 1.48. The number of halogens is 1. The second kappa shape index (κ2) is 9.91. The van der Waals surface area contributed by atoms with Gasteiger partial charge in [0, 0.05) is 38.4 Å². The molecule has 1 amide bonds. The van der Waals surface area contributed by atoms with Crippen LogP contribution in [0.25, 0.3) is 0 Å². The third-order valence-corrected chi connectivity index (χ3v) is 8.84. The summed E-state index contributed by atoms with van der Waals surface area (Å²) in [5.41, 5.74) is 3.22. The molecule has 1 saturated heterocycles. The Bertz CT molecular complexity index is 1300. The Hall–Kier alpha value is -3.04. The quantitative estimate of drug-likeness (QED) is 0.561. The van der Waals surface area contributed by atoms with Gasteiger partial charge >= 0.3 is 0 Å². The fourth-order valence-electron chi connectivity index (χ4n) is 4.93. The Morgan fingerprint density at radius 2 is 1.69 bits per heavy atom. The van der Waals surface area contributed by atoms with Crippen molar-refractivity contribution < 1.29 is 17.6 Å². The molecule has 2 aromatic carbocycles. The monoisotopic (exact) mass is 498 g/mol. The highest BCUT2D eigenvalue weighted by molar-refractivity contribution is 7.89. The minimum absolute atomic E-state index is 0.165. The molecule has 1 aliphatic heterocycles. The van der Waals surface area contributed by atoms with E-state index in [1.807, 2.05) is 44.5 Å². The predicted octanol–water partition coefficient (Wildman–Crippen LogP) is 3.79. The number of carbonyl (C=O) groups excluding carboxylic acids is 1. The van der Waals surface area contributed by atoms with Gasteiger partial charge in [0.25, 0.3) is 0 Å². The van der Waals surface area contributed by atoms with Gasteiger partial charge < -0.3 is 9.88 Å². The Kier molecular flexibility index (Phi) is 7.10. The van der Waals surface area contributed by atoms with Crippen molar-refractivity contribution in [1.29, 1.82) is 0 Å². The molecule has 0 radical (unpaired) electrons. The number of nitrogens with one attached hydrogen (secondary N) is 1. The molecule has 3 aromatic rings. The van der Waals surface area contributed by atoms with E-state index in [0.29, 0.717) is 23.6 Å². The van der Waals surface area contributed by atoms with Crippen LogP contribution < -0.4 is 5.32 Å². The summed E-state index contributed by atoms with van der Waals surface area (Å²) < 4.78 is 43.6. The lowest BCUT2D eigenvalue weighted by molar-refractivity contribution is -0.126. The SMILES string of the molecule is Cc1cc(C)c(S(=O)(=O)N2CCC(C(=O)NC(c3ccc(F)cc3)c3nccn3C)CC2)c(C)c1. The summed E-state index contributed by atoms with van der Waals surface area (Å²) in [5, 5.41) is 3.06. The average Bonchev–Trinajstić information content (AvgIpc) is 3.22. The highest BCUT2D eigenvalue weighted by atomic mass is 32.2. The number of piperidine rings is 1. The lowest BCUT2D eigenvalue weighted by Crippen LogP contribution is -2.44. The fraction of sp³-hybridized carbons (Fsp3) is 0.385. The summed E-state index contributed by atoms with van der Waals surface area (Å²) in [5.74, 6) is -0.214. The summed E-state index contributed by atoms with van der Waals surface area (Å²) >= 11 is 0. The molecule has 35 heavy (non-hydrogen) atoms.